The average molecular weight is 1140 g/mol. The van der Waals surface area contributed by atoms with Gasteiger partial charge in [0.25, 0.3) is 0 Å². The Morgan fingerprint density at radius 2 is 1.60 bits per heavy atom. The Kier molecular flexibility index (Phi) is 20.0. The van der Waals surface area contributed by atoms with Crippen LogP contribution in [0.1, 0.15) is 103 Å². The number of morpholine rings is 1. The lowest BCUT2D eigenvalue weighted by Crippen LogP contribution is -2.57. The van der Waals surface area contributed by atoms with Crippen LogP contribution in [0.4, 0.5) is 17.2 Å². The first-order chi connectivity index (χ1) is 39.5. The monoisotopic (exact) mass is 1140 g/mol. The first kappa shape index (κ1) is 59.7. The van der Waals surface area contributed by atoms with E-state index < -0.39 is 23.6 Å². The maximum absolute atomic E-state index is 14.1. The molecule has 4 saturated heterocycles. The normalized spacial score (nSPS) is 18.8. The minimum Gasteiger partial charge on any atom is -0.507 e. The molecule has 0 saturated carbocycles. The number of phenols is 1. The van der Waals surface area contributed by atoms with Crippen molar-refractivity contribution < 1.29 is 38.9 Å². The average Bonchev–Trinajstić information content (AvgIpc) is 4.25. The number of aryl methyl sites for hydroxylation is 1. The van der Waals surface area contributed by atoms with Gasteiger partial charge in [0.1, 0.15) is 30.2 Å². The number of para-hydroxylation sites is 1. The Labute approximate surface area is 486 Å². The molecule has 20 heteroatoms. The van der Waals surface area contributed by atoms with Crippen LogP contribution in [0.25, 0.3) is 21.7 Å². The lowest BCUT2D eigenvalue weighted by molar-refractivity contribution is -0.144. The fourth-order valence-electron chi connectivity index (χ4n) is 11.7. The fraction of sp³-hybridized carbons (Fsp3) is 0.532. The summed E-state index contributed by atoms with van der Waals surface area (Å²) in [7, 11) is 0. The molecule has 82 heavy (non-hydrogen) atoms. The van der Waals surface area contributed by atoms with Gasteiger partial charge in [0.05, 0.1) is 45.8 Å². The fourth-order valence-corrected chi connectivity index (χ4v) is 12.5. The van der Waals surface area contributed by atoms with Crippen LogP contribution in [0.2, 0.25) is 0 Å². The molecule has 0 aliphatic carbocycles. The van der Waals surface area contributed by atoms with Crippen LogP contribution >= 0.6 is 11.3 Å². The summed E-state index contributed by atoms with van der Waals surface area (Å²) >= 11 is 1.58. The highest BCUT2D eigenvalue weighted by atomic mass is 32.1. The van der Waals surface area contributed by atoms with Crippen LogP contribution in [0.5, 0.6) is 11.5 Å². The molecule has 6 heterocycles. The quantitative estimate of drug-likeness (QED) is 0.0432. The summed E-state index contributed by atoms with van der Waals surface area (Å²) in [6.07, 6.45) is 7.03. The Morgan fingerprint density at radius 3 is 2.32 bits per heavy atom. The number of β-amino-alcohol motifs (C(OH)–C–C–N with tert-alkyl or cyclic N) is 1. The molecule has 9 rings (SSSR count). The Balaban J connectivity index is 0.621. The van der Waals surface area contributed by atoms with Crippen molar-refractivity contribution in [2.45, 2.75) is 129 Å². The minimum atomic E-state index is -0.866. The number of aromatic hydroxyl groups is 1. The van der Waals surface area contributed by atoms with E-state index in [1.807, 2.05) is 86.6 Å². The molecule has 1 spiro atoms. The zero-order chi connectivity index (χ0) is 57.8. The highest BCUT2D eigenvalue weighted by molar-refractivity contribution is 7.13. The van der Waals surface area contributed by atoms with E-state index in [1.165, 1.54) is 4.90 Å². The number of phenolic OH excluding ortho intramolecular Hbond substituents is 1. The zero-order valence-electron chi connectivity index (χ0n) is 48.2. The SMILES string of the molecule is Cc1ncsc1-c1ccc(CNC(=O)[C@@H]2C[C@@H](O)CN2C(=O)C(NC(=O)CCCCCCCCC(=O)N2CCN(CCOc3cccc(N4CCOC5(CCN(c6cc(-c7ccccc7O)nnc6N)CC5)C4)c3)CC2)C(C)(C)C)cc1. The molecule has 3 aromatic carbocycles. The van der Waals surface area contributed by atoms with E-state index in [1.54, 1.807) is 23.5 Å². The first-order valence-electron chi connectivity index (χ1n) is 29.4. The highest BCUT2D eigenvalue weighted by Crippen LogP contribution is 2.38. The Hall–Kier alpha value is -6.87. The summed E-state index contributed by atoms with van der Waals surface area (Å²) in [4.78, 5) is 69.9. The van der Waals surface area contributed by atoms with Gasteiger partial charge in [0, 0.05) is 109 Å². The summed E-state index contributed by atoms with van der Waals surface area (Å²) in [6, 6.07) is 23.6. The lowest BCUT2D eigenvalue weighted by Gasteiger charge is -2.48. The number of anilines is 3. The molecule has 3 atom stereocenters. The van der Waals surface area contributed by atoms with Crippen molar-refractivity contribution in [2.75, 3.05) is 94.2 Å². The molecule has 4 fully saturated rings. The van der Waals surface area contributed by atoms with Crippen LogP contribution in [-0.4, -0.2) is 166 Å². The Morgan fingerprint density at radius 1 is 0.866 bits per heavy atom. The minimum absolute atomic E-state index is 0.0242. The molecule has 1 unspecified atom stereocenters. The second-order valence-corrected chi connectivity index (χ2v) is 24.4. The van der Waals surface area contributed by atoms with Gasteiger partial charge in [0.15, 0.2) is 5.82 Å². The number of nitrogen functional groups attached to an aromatic ring is 1. The van der Waals surface area contributed by atoms with Gasteiger partial charge in [-0.3, -0.25) is 24.1 Å². The smallest absolute Gasteiger partial charge is 0.246 e. The number of carbonyl (C=O) groups excluding carboxylic acids is 4. The number of piperazine rings is 1. The van der Waals surface area contributed by atoms with Crippen LogP contribution in [0.15, 0.2) is 84.4 Å². The number of thiazole rings is 1. The Bertz CT molecular complexity index is 2950. The van der Waals surface area contributed by atoms with E-state index in [0.29, 0.717) is 56.2 Å². The molecule has 440 valence electrons. The summed E-state index contributed by atoms with van der Waals surface area (Å²) in [5.74, 6) is 0.639. The number of benzene rings is 3. The van der Waals surface area contributed by atoms with Crippen LogP contribution < -0.4 is 30.9 Å². The number of aliphatic hydroxyl groups is 1. The third-order valence-electron chi connectivity index (χ3n) is 16.6. The standard InChI is InChI=1S/C62H83N11O8S/c1-43-56(82-42-65-43)45-22-20-44(21-23-45)39-64-59(78)52-37-47(74)40-73(52)60(79)57(61(2,3)4)66-54(76)18-9-7-5-6-8-10-19-55(77)71-30-28-69(29-31-71)32-34-80-48-15-13-14-46(36-48)72-33-35-81-62(41-72)24-26-70(27-25-62)51-38-50(67-68-58(51)63)49-16-11-12-17-53(49)75/h11-17,20-23,36,38,42,47,52,57,74-75H,5-10,18-19,24-35,37,39-41H2,1-4H3,(H2,63,68)(H,64,78)(H,66,76)/t47-,52+,57?/m1/s1. The number of ether oxygens (including phenoxy) is 2. The van der Waals surface area contributed by atoms with Crippen LogP contribution in [-0.2, 0) is 30.5 Å². The summed E-state index contributed by atoms with van der Waals surface area (Å²) in [6.45, 7) is 16.1. The van der Waals surface area contributed by atoms with Gasteiger partial charge in [-0.05, 0) is 79.5 Å². The molecule has 4 aliphatic rings. The van der Waals surface area contributed by atoms with Crippen molar-refractivity contribution >= 4 is 52.2 Å². The number of aliphatic hydroxyl groups excluding tert-OH is 1. The van der Waals surface area contributed by atoms with Crippen LogP contribution in [0, 0.1) is 12.3 Å². The van der Waals surface area contributed by atoms with E-state index in [2.05, 4.69) is 58.7 Å². The topological polar surface area (TPSA) is 232 Å². The largest absolute Gasteiger partial charge is 0.507 e. The number of piperidine rings is 1. The second-order valence-electron chi connectivity index (χ2n) is 23.6. The number of likely N-dealkylation sites (tertiary alicyclic amines) is 1. The van der Waals surface area contributed by atoms with Crippen LogP contribution in [0.3, 0.4) is 0 Å². The van der Waals surface area contributed by atoms with Crippen molar-refractivity contribution in [2.24, 2.45) is 5.41 Å². The van der Waals surface area contributed by atoms with Crippen molar-refractivity contribution in [3.05, 3.63) is 95.6 Å². The van der Waals surface area contributed by atoms with E-state index in [0.717, 1.165) is 130 Å². The molecular weight excluding hydrogens is 1060 g/mol. The lowest BCUT2D eigenvalue weighted by atomic mass is 9.85. The molecule has 4 amide bonds. The predicted octanol–water partition coefficient (Wildman–Crippen LogP) is 7.19. The molecule has 19 nitrogen and oxygen atoms in total. The van der Waals surface area contributed by atoms with Gasteiger partial charge in [-0.15, -0.1) is 21.5 Å². The van der Waals surface area contributed by atoms with E-state index in [9.17, 15) is 29.4 Å². The van der Waals surface area contributed by atoms with Gasteiger partial charge in [-0.25, -0.2) is 4.98 Å². The van der Waals surface area contributed by atoms with Gasteiger partial charge >= 0.3 is 0 Å². The predicted molar refractivity (Wildman–Crippen MR) is 319 cm³/mol. The van der Waals surface area contributed by atoms with Crippen molar-refractivity contribution in [3.8, 4) is 33.2 Å². The highest BCUT2D eigenvalue weighted by Gasteiger charge is 2.45. The summed E-state index contributed by atoms with van der Waals surface area (Å²) in [5.41, 5.74) is 13.3. The van der Waals surface area contributed by atoms with Gasteiger partial charge in [-0.2, -0.15) is 0 Å². The second kappa shape index (κ2) is 27.5. The maximum Gasteiger partial charge on any atom is 0.246 e. The third-order valence-corrected chi connectivity index (χ3v) is 17.6. The first-order valence-corrected chi connectivity index (χ1v) is 30.2. The number of aromatic nitrogens is 3. The number of amides is 4. The molecule has 4 aliphatic heterocycles. The summed E-state index contributed by atoms with van der Waals surface area (Å²) in [5, 5.41) is 35.5. The van der Waals surface area contributed by atoms with E-state index >= 15 is 0 Å². The van der Waals surface area contributed by atoms with Gasteiger partial charge < -0.3 is 55.7 Å². The number of nitrogens with two attached hydrogens (primary N) is 1. The van der Waals surface area contributed by atoms with Crippen molar-refractivity contribution in [3.63, 3.8) is 0 Å². The number of nitrogens with zero attached hydrogens (tertiary/aromatic N) is 8. The number of hydrogen-bond donors (Lipinski definition) is 5. The number of hydrogen-bond acceptors (Lipinski definition) is 16. The molecule has 2 aromatic heterocycles. The number of rotatable bonds is 22. The number of carbonyl (C=O) groups is 4. The van der Waals surface area contributed by atoms with Crippen molar-refractivity contribution in [1.82, 2.24) is 40.5 Å². The van der Waals surface area contributed by atoms with Gasteiger partial charge in [-0.1, -0.05) is 88.9 Å². The molecule has 0 radical (unpaired) electrons. The van der Waals surface area contributed by atoms with Gasteiger partial charge in [0.2, 0.25) is 23.6 Å². The molecule has 5 aromatic rings. The molecule has 6 N–H and O–H groups in total. The zero-order valence-corrected chi connectivity index (χ0v) is 49.0. The summed E-state index contributed by atoms with van der Waals surface area (Å²) < 4.78 is 12.8. The van der Waals surface area contributed by atoms with E-state index in [-0.39, 0.29) is 60.9 Å². The van der Waals surface area contributed by atoms with Crippen molar-refractivity contribution in [1.29, 1.82) is 0 Å². The maximum atomic E-state index is 14.1. The number of nitrogens with one attached hydrogen (secondary N) is 2. The molecular formula is C62H83N11O8S. The number of unbranched alkanes of at least 4 members (excludes halogenated alkanes) is 5. The third kappa shape index (κ3) is 15.4. The molecule has 0 bridgehead atoms. The van der Waals surface area contributed by atoms with E-state index in [4.69, 9.17) is 15.2 Å².